The zero-order chi connectivity index (χ0) is 12.7. The van der Waals surface area contributed by atoms with Crippen LogP contribution in [-0.4, -0.2) is 10.1 Å². The molecule has 94 valence electrons. The number of benzene rings is 1. The van der Waals surface area contributed by atoms with E-state index in [2.05, 4.69) is 26.1 Å². The second kappa shape index (κ2) is 4.64. The SMILES string of the molecule is NC(c1noc(C2CC2)n1)c1cc(Br)ccc1Cl. The van der Waals surface area contributed by atoms with E-state index in [9.17, 15) is 0 Å². The Morgan fingerprint density at radius 3 is 2.94 bits per heavy atom. The van der Waals surface area contributed by atoms with Crippen LogP contribution in [0.2, 0.25) is 5.02 Å². The fourth-order valence-electron chi connectivity index (χ4n) is 1.76. The molecule has 0 aliphatic heterocycles. The van der Waals surface area contributed by atoms with E-state index >= 15 is 0 Å². The minimum Gasteiger partial charge on any atom is -0.339 e. The highest BCUT2D eigenvalue weighted by molar-refractivity contribution is 9.10. The first-order valence-electron chi connectivity index (χ1n) is 5.69. The molecule has 0 amide bonds. The number of nitrogens with two attached hydrogens (primary N) is 1. The lowest BCUT2D eigenvalue weighted by Crippen LogP contribution is -2.14. The van der Waals surface area contributed by atoms with Gasteiger partial charge in [-0.05, 0) is 36.6 Å². The molecule has 18 heavy (non-hydrogen) atoms. The molecule has 0 radical (unpaired) electrons. The smallest absolute Gasteiger partial charge is 0.229 e. The van der Waals surface area contributed by atoms with Crippen LogP contribution in [0.25, 0.3) is 0 Å². The zero-order valence-electron chi connectivity index (χ0n) is 9.44. The van der Waals surface area contributed by atoms with Crippen molar-refractivity contribution in [2.45, 2.75) is 24.8 Å². The second-order valence-corrected chi connectivity index (χ2v) is 5.73. The Morgan fingerprint density at radius 2 is 2.22 bits per heavy atom. The van der Waals surface area contributed by atoms with E-state index < -0.39 is 6.04 Å². The van der Waals surface area contributed by atoms with Gasteiger partial charge in [-0.2, -0.15) is 4.98 Å². The van der Waals surface area contributed by atoms with Crippen LogP contribution in [0.3, 0.4) is 0 Å². The highest BCUT2D eigenvalue weighted by Gasteiger charge is 2.30. The van der Waals surface area contributed by atoms with Crippen molar-refractivity contribution in [2.75, 3.05) is 0 Å². The van der Waals surface area contributed by atoms with Crippen molar-refractivity contribution in [1.29, 1.82) is 0 Å². The summed E-state index contributed by atoms with van der Waals surface area (Å²) in [5.41, 5.74) is 6.92. The van der Waals surface area contributed by atoms with Crippen LogP contribution in [-0.2, 0) is 0 Å². The van der Waals surface area contributed by atoms with Crippen molar-refractivity contribution in [1.82, 2.24) is 10.1 Å². The quantitative estimate of drug-likeness (QED) is 0.937. The Morgan fingerprint density at radius 1 is 1.44 bits per heavy atom. The summed E-state index contributed by atoms with van der Waals surface area (Å²) in [4.78, 5) is 4.34. The van der Waals surface area contributed by atoms with Gasteiger partial charge in [-0.15, -0.1) is 0 Å². The van der Waals surface area contributed by atoms with Crippen LogP contribution in [0.1, 0.15) is 42.1 Å². The molecule has 2 aromatic rings. The highest BCUT2D eigenvalue weighted by Crippen LogP contribution is 2.39. The van der Waals surface area contributed by atoms with Crippen molar-refractivity contribution in [3.05, 3.63) is 45.0 Å². The van der Waals surface area contributed by atoms with Crippen molar-refractivity contribution < 1.29 is 4.52 Å². The minimum absolute atomic E-state index is 0.427. The van der Waals surface area contributed by atoms with Crippen molar-refractivity contribution in [3.63, 3.8) is 0 Å². The van der Waals surface area contributed by atoms with E-state index in [4.69, 9.17) is 21.9 Å². The van der Waals surface area contributed by atoms with Crippen molar-refractivity contribution in [2.24, 2.45) is 5.73 Å². The number of nitrogens with zero attached hydrogens (tertiary/aromatic N) is 2. The minimum atomic E-state index is -0.466. The third kappa shape index (κ3) is 2.30. The lowest BCUT2D eigenvalue weighted by atomic mass is 10.1. The Hall–Kier alpha value is -0.910. The zero-order valence-corrected chi connectivity index (χ0v) is 11.8. The number of rotatable bonds is 3. The molecule has 1 saturated carbocycles. The van der Waals surface area contributed by atoms with Gasteiger partial charge in [-0.3, -0.25) is 0 Å². The summed E-state index contributed by atoms with van der Waals surface area (Å²) in [5.74, 6) is 1.60. The molecule has 1 atom stereocenters. The van der Waals surface area contributed by atoms with E-state index in [1.54, 1.807) is 6.07 Å². The average Bonchev–Trinajstić information content (AvgIpc) is 3.09. The summed E-state index contributed by atoms with van der Waals surface area (Å²) < 4.78 is 6.13. The monoisotopic (exact) mass is 327 g/mol. The van der Waals surface area contributed by atoms with Crippen LogP contribution in [0, 0.1) is 0 Å². The molecule has 4 nitrogen and oxygen atoms in total. The van der Waals surface area contributed by atoms with E-state index in [1.807, 2.05) is 12.1 Å². The van der Waals surface area contributed by atoms with Gasteiger partial charge in [0.05, 0.1) is 6.04 Å². The molecule has 0 spiro atoms. The molecule has 1 aliphatic carbocycles. The van der Waals surface area contributed by atoms with Gasteiger partial charge >= 0.3 is 0 Å². The molecule has 1 aromatic heterocycles. The summed E-state index contributed by atoms with van der Waals surface area (Å²) in [5, 5.41) is 4.54. The number of halogens is 2. The fourth-order valence-corrected chi connectivity index (χ4v) is 2.38. The molecule has 3 rings (SSSR count). The van der Waals surface area contributed by atoms with Crippen LogP contribution < -0.4 is 5.73 Å². The van der Waals surface area contributed by atoms with Gasteiger partial charge in [0, 0.05) is 15.4 Å². The Balaban J connectivity index is 1.92. The van der Waals surface area contributed by atoms with Gasteiger partial charge < -0.3 is 10.3 Å². The molecule has 1 unspecified atom stereocenters. The lowest BCUT2D eigenvalue weighted by Gasteiger charge is -2.09. The van der Waals surface area contributed by atoms with Crippen molar-refractivity contribution in [3.8, 4) is 0 Å². The van der Waals surface area contributed by atoms with E-state index in [-0.39, 0.29) is 0 Å². The Kier molecular flexibility index (Phi) is 3.13. The van der Waals surface area contributed by atoms with Gasteiger partial charge in [0.1, 0.15) is 0 Å². The van der Waals surface area contributed by atoms with Crippen LogP contribution in [0.4, 0.5) is 0 Å². The Bertz CT molecular complexity index is 582. The van der Waals surface area contributed by atoms with Crippen LogP contribution in [0.5, 0.6) is 0 Å². The van der Waals surface area contributed by atoms with Gasteiger partial charge in [0.2, 0.25) is 5.89 Å². The second-order valence-electron chi connectivity index (χ2n) is 4.41. The van der Waals surface area contributed by atoms with Gasteiger partial charge in [-0.25, -0.2) is 0 Å². The maximum atomic E-state index is 6.14. The molecular formula is C12H11BrClN3O. The first-order valence-corrected chi connectivity index (χ1v) is 6.86. The summed E-state index contributed by atoms with van der Waals surface area (Å²) in [7, 11) is 0. The summed E-state index contributed by atoms with van der Waals surface area (Å²) in [6, 6.07) is 5.07. The number of aromatic nitrogens is 2. The standard InChI is InChI=1S/C12H11BrClN3O/c13-7-3-4-9(14)8(5-7)10(15)11-16-12(18-17-11)6-1-2-6/h3-6,10H,1-2,15H2. The van der Waals surface area contributed by atoms with Gasteiger partial charge in [0.15, 0.2) is 5.82 Å². The number of hydrogen-bond donors (Lipinski definition) is 1. The molecule has 1 fully saturated rings. The molecule has 0 saturated heterocycles. The third-order valence-corrected chi connectivity index (χ3v) is 3.79. The first-order chi connectivity index (χ1) is 8.65. The first kappa shape index (κ1) is 12.1. The maximum absolute atomic E-state index is 6.14. The maximum Gasteiger partial charge on any atom is 0.229 e. The molecule has 1 aromatic carbocycles. The van der Waals surface area contributed by atoms with Gasteiger partial charge in [0.25, 0.3) is 0 Å². The molecule has 6 heteroatoms. The van der Waals surface area contributed by atoms with E-state index in [0.717, 1.165) is 22.9 Å². The normalized spacial score (nSPS) is 16.8. The van der Waals surface area contributed by atoms with Crippen molar-refractivity contribution >= 4 is 27.5 Å². The van der Waals surface area contributed by atoms with Crippen LogP contribution in [0.15, 0.2) is 27.2 Å². The predicted octanol–water partition coefficient (Wildman–Crippen LogP) is 3.41. The van der Waals surface area contributed by atoms with E-state index in [0.29, 0.717) is 22.7 Å². The lowest BCUT2D eigenvalue weighted by molar-refractivity contribution is 0.372. The van der Waals surface area contributed by atoms with Gasteiger partial charge in [-0.1, -0.05) is 32.7 Å². The molecule has 2 N–H and O–H groups in total. The molecule has 1 aliphatic rings. The highest BCUT2D eigenvalue weighted by atomic mass is 79.9. The summed E-state index contributed by atoms with van der Waals surface area (Å²) in [6.45, 7) is 0. The third-order valence-electron chi connectivity index (χ3n) is 2.96. The summed E-state index contributed by atoms with van der Waals surface area (Å²) in [6.07, 6.45) is 2.24. The predicted molar refractivity (Wildman–Crippen MR) is 71.5 cm³/mol. The van der Waals surface area contributed by atoms with E-state index in [1.165, 1.54) is 0 Å². The number of hydrogen-bond acceptors (Lipinski definition) is 4. The molecular weight excluding hydrogens is 318 g/mol. The van der Waals surface area contributed by atoms with Crippen LogP contribution >= 0.6 is 27.5 Å². The molecule has 0 bridgehead atoms. The Labute approximate surface area is 118 Å². The topological polar surface area (TPSA) is 64.9 Å². The fraction of sp³-hybridized carbons (Fsp3) is 0.333. The summed E-state index contributed by atoms with van der Waals surface area (Å²) >= 11 is 9.53. The molecule has 1 heterocycles. The largest absolute Gasteiger partial charge is 0.339 e. The average molecular weight is 329 g/mol.